The minimum atomic E-state index is 0.317. The summed E-state index contributed by atoms with van der Waals surface area (Å²) in [6.45, 7) is 0. The summed E-state index contributed by atoms with van der Waals surface area (Å²) in [7, 11) is 0. The van der Waals surface area contributed by atoms with E-state index in [-0.39, 0.29) is 0 Å². The number of hydrazine groups is 1. The van der Waals surface area contributed by atoms with Crippen LogP contribution in [-0.2, 0) is 0 Å². The van der Waals surface area contributed by atoms with Crippen molar-refractivity contribution in [1.29, 1.82) is 0 Å². The predicted molar refractivity (Wildman–Crippen MR) is 60.9 cm³/mol. The van der Waals surface area contributed by atoms with Crippen molar-refractivity contribution < 1.29 is 0 Å². The SMILES string of the molecule is C1=CC2=C(CC1)NNC2c1ccccc1. The molecule has 0 saturated carbocycles. The van der Waals surface area contributed by atoms with Gasteiger partial charge >= 0.3 is 0 Å². The number of rotatable bonds is 1. The van der Waals surface area contributed by atoms with Crippen molar-refractivity contribution in [3.8, 4) is 0 Å². The quantitative estimate of drug-likeness (QED) is 0.724. The second-order valence-electron chi connectivity index (χ2n) is 3.99. The Balaban J connectivity index is 1.96. The lowest BCUT2D eigenvalue weighted by Gasteiger charge is -2.13. The van der Waals surface area contributed by atoms with Gasteiger partial charge in [0.05, 0.1) is 6.04 Å². The minimum Gasteiger partial charge on any atom is -0.324 e. The van der Waals surface area contributed by atoms with Gasteiger partial charge in [0.1, 0.15) is 0 Å². The Morgan fingerprint density at radius 1 is 1.13 bits per heavy atom. The molecule has 0 aromatic heterocycles. The molecule has 3 rings (SSSR count). The van der Waals surface area contributed by atoms with Gasteiger partial charge in [0.15, 0.2) is 0 Å². The highest BCUT2D eigenvalue weighted by molar-refractivity contribution is 5.41. The highest BCUT2D eigenvalue weighted by atomic mass is 15.4. The molecule has 2 N–H and O–H groups in total. The van der Waals surface area contributed by atoms with Crippen LogP contribution in [0.4, 0.5) is 0 Å². The number of hydrogen-bond donors (Lipinski definition) is 2. The van der Waals surface area contributed by atoms with Crippen molar-refractivity contribution >= 4 is 0 Å². The molecular formula is C13H14N2. The maximum absolute atomic E-state index is 3.34. The topological polar surface area (TPSA) is 24.1 Å². The number of benzene rings is 1. The molecule has 1 atom stereocenters. The van der Waals surface area contributed by atoms with Crippen molar-refractivity contribution in [3.63, 3.8) is 0 Å². The van der Waals surface area contributed by atoms with Gasteiger partial charge in [-0.3, -0.25) is 0 Å². The van der Waals surface area contributed by atoms with E-state index in [1.807, 2.05) is 0 Å². The van der Waals surface area contributed by atoms with Crippen LogP contribution in [0.5, 0.6) is 0 Å². The Hall–Kier alpha value is -1.54. The Morgan fingerprint density at radius 2 is 2.00 bits per heavy atom. The first-order chi connectivity index (χ1) is 7.45. The fourth-order valence-electron chi connectivity index (χ4n) is 2.23. The molecule has 1 heterocycles. The van der Waals surface area contributed by atoms with E-state index in [0.29, 0.717) is 6.04 Å². The molecule has 2 nitrogen and oxygen atoms in total. The molecule has 0 saturated heterocycles. The lowest BCUT2D eigenvalue weighted by atomic mass is 9.94. The molecule has 0 bridgehead atoms. The smallest absolute Gasteiger partial charge is 0.0777 e. The fourth-order valence-corrected chi connectivity index (χ4v) is 2.23. The molecule has 76 valence electrons. The molecule has 2 heteroatoms. The van der Waals surface area contributed by atoms with Gasteiger partial charge in [-0.2, -0.15) is 0 Å². The molecule has 1 aliphatic heterocycles. The Labute approximate surface area is 89.7 Å². The molecule has 1 aromatic carbocycles. The zero-order valence-electron chi connectivity index (χ0n) is 8.53. The number of hydrogen-bond acceptors (Lipinski definition) is 2. The van der Waals surface area contributed by atoms with Gasteiger partial charge in [0.2, 0.25) is 0 Å². The van der Waals surface area contributed by atoms with Gasteiger partial charge in [0.25, 0.3) is 0 Å². The summed E-state index contributed by atoms with van der Waals surface area (Å²) in [6, 6.07) is 10.9. The molecule has 2 aliphatic rings. The first kappa shape index (κ1) is 8.74. The molecule has 1 unspecified atom stereocenters. The van der Waals surface area contributed by atoms with Crippen LogP contribution in [0.15, 0.2) is 53.8 Å². The van der Waals surface area contributed by atoms with Crippen molar-refractivity contribution in [2.75, 3.05) is 0 Å². The van der Waals surface area contributed by atoms with Gasteiger partial charge in [-0.15, -0.1) is 0 Å². The summed E-state index contributed by atoms with van der Waals surface area (Å²) in [5, 5.41) is 0. The van der Waals surface area contributed by atoms with Crippen LogP contribution in [0.1, 0.15) is 24.4 Å². The lowest BCUT2D eigenvalue weighted by Crippen LogP contribution is -2.26. The predicted octanol–water partition coefficient (Wildman–Crippen LogP) is 2.44. The van der Waals surface area contributed by atoms with Gasteiger partial charge in [0, 0.05) is 5.70 Å². The van der Waals surface area contributed by atoms with E-state index < -0.39 is 0 Å². The van der Waals surface area contributed by atoms with Gasteiger partial charge in [-0.1, -0.05) is 42.5 Å². The highest BCUT2D eigenvalue weighted by Crippen LogP contribution is 2.32. The first-order valence-corrected chi connectivity index (χ1v) is 5.41. The van der Waals surface area contributed by atoms with E-state index in [0.717, 1.165) is 12.8 Å². The summed E-state index contributed by atoms with van der Waals surface area (Å²) in [5.41, 5.74) is 10.7. The Kier molecular flexibility index (Phi) is 2.07. The molecule has 0 amide bonds. The summed E-state index contributed by atoms with van der Waals surface area (Å²) in [6.07, 6.45) is 6.77. The van der Waals surface area contributed by atoms with Gasteiger partial charge < -0.3 is 5.43 Å². The van der Waals surface area contributed by atoms with Gasteiger partial charge in [-0.25, -0.2) is 5.43 Å². The minimum absolute atomic E-state index is 0.317. The summed E-state index contributed by atoms with van der Waals surface area (Å²) in [5.74, 6) is 0. The standard InChI is InChI=1S/C13H14N2/c1-2-6-10(7-3-1)13-11-8-4-5-9-12(11)14-15-13/h1-4,6-8,13-15H,5,9H2. The second kappa shape index (κ2) is 3.55. The third-order valence-electron chi connectivity index (χ3n) is 3.02. The van der Waals surface area contributed by atoms with Crippen LogP contribution in [0.25, 0.3) is 0 Å². The van der Waals surface area contributed by atoms with E-state index in [1.165, 1.54) is 16.8 Å². The molecule has 0 fully saturated rings. The monoisotopic (exact) mass is 198 g/mol. The molecule has 15 heavy (non-hydrogen) atoms. The van der Waals surface area contributed by atoms with Crippen LogP contribution < -0.4 is 10.9 Å². The second-order valence-corrected chi connectivity index (χ2v) is 3.99. The molecular weight excluding hydrogens is 184 g/mol. The van der Waals surface area contributed by atoms with Crippen LogP contribution >= 0.6 is 0 Å². The lowest BCUT2D eigenvalue weighted by molar-refractivity contribution is 0.584. The Morgan fingerprint density at radius 3 is 2.87 bits per heavy atom. The van der Waals surface area contributed by atoms with Crippen LogP contribution in [-0.4, -0.2) is 0 Å². The summed E-state index contributed by atoms with van der Waals surface area (Å²) in [4.78, 5) is 0. The zero-order chi connectivity index (χ0) is 10.1. The van der Waals surface area contributed by atoms with E-state index >= 15 is 0 Å². The largest absolute Gasteiger partial charge is 0.324 e. The normalized spacial score (nSPS) is 23.9. The van der Waals surface area contributed by atoms with E-state index in [2.05, 4.69) is 53.3 Å². The fraction of sp³-hybridized carbons (Fsp3) is 0.231. The maximum Gasteiger partial charge on any atom is 0.0777 e. The van der Waals surface area contributed by atoms with Crippen LogP contribution in [0.2, 0.25) is 0 Å². The molecule has 0 radical (unpaired) electrons. The van der Waals surface area contributed by atoms with E-state index in [9.17, 15) is 0 Å². The third kappa shape index (κ3) is 1.47. The summed E-state index contributed by atoms with van der Waals surface area (Å²) >= 11 is 0. The number of allylic oxidation sites excluding steroid dienone is 2. The molecule has 1 aromatic rings. The molecule has 1 aliphatic carbocycles. The van der Waals surface area contributed by atoms with Crippen LogP contribution in [0, 0.1) is 0 Å². The van der Waals surface area contributed by atoms with Gasteiger partial charge in [-0.05, 0) is 24.0 Å². The highest BCUT2D eigenvalue weighted by Gasteiger charge is 2.25. The van der Waals surface area contributed by atoms with E-state index in [1.54, 1.807) is 0 Å². The zero-order valence-corrected chi connectivity index (χ0v) is 8.53. The van der Waals surface area contributed by atoms with Crippen LogP contribution in [0.3, 0.4) is 0 Å². The maximum atomic E-state index is 3.34. The first-order valence-electron chi connectivity index (χ1n) is 5.41. The van der Waals surface area contributed by atoms with E-state index in [4.69, 9.17) is 0 Å². The van der Waals surface area contributed by atoms with Crippen molar-refractivity contribution in [3.05, 3.63) is 59.3 Å². The van der Waals surface area contributed by atoms with Crippen molar-refractivity contribution in [2.45, 2.75) is 18.9 Å². The summed E-state index contributed by atoms with van der Waals surface area (Å²) < 4.78 is 0. The molecule has 0 spiro atoms. The number of nitrogens with one attached hydrogen (secondary N) is 2. The van der Waals surface area contributed by atoms with Crippen molar-refractivity contribution in [1.82, 2.24) is 10.9 Å². The average molecular weight is 198 g/mol. The Bertz CT molecular complexity index is 417. The average Bonchev–Trinajstić information content (AvgIpc) is 2.74. The third-order valence-corrected chi connectivity index (χ3v) is 3.02. The van der Waals surface area contributed by atoms with Crippen molar-refractivity contribution in [2.24, 2.45) is 0 Å².